The second-order valence-electron chi connectivity index (χ2n) is 24.2. The summed E-state index contributed by atoms with van der Waals surface area (Å²) < 4.78 is 23.3. The molecule has 2 saturated heterocycles. The third-order valence-corrected chi connectivity index (χ3v) is 19.2. The van der Waals surface area contributed by atoms with Crippen molar-refractivity contribution in [3.63, 3.8) is 0 Å². The quantitative estimate of drug-likeness (QED) is 0.0204. The molecular formula is C70H88N6NaO20S2+. The molecule has 2 aliphatic heterocycles. The first kappa shape index (κ1) is 81.1. The molecule has 2 aliphatic rings. The van der Waals surface area contributed by atoms with Gasteiger partial charge in [0.1, 0.15) is 24.4 Å². The Morgan fingerprint density at radius 3 is 1.14 bits per heavy atom. The molecule has 2 heterocycles. The van der Waals surface area contributed by atoms with Crippen molar-refractivity contribution in [3.8, 4) is 22.3 Å². The summed E-state index contributed by atoms with van der Waals surface area (Å²) in [6.07, 6.45) is -14.6. The summed E-state index contributed by atoms with van der Waals surface area (Å²) in [4.78, 5) is 103. The van der Waals surface area contributed by atoms with Crippen LogP contribution in [0.15, 0.2) is 109 Å². The summed E-state index contributed by atoms with van der Waals surface area (Å²) in [5, 5.41) is 104. The van der Waals surface area contributed by atoms with Gasteiger partial charge in [-0.05, 0) is 121 Å². The van der Waals surface area contributed by atoms with Crippen LogP contribution in [0, 0.1) is 27.7 Å². The van der Waals surface area contributed by atoms with E-state index < -0.39 is 134 Å². The van der Waals surface area contributed by atoms with Gasteiger partial charge in [-0.3, -0.25) is 28.8 Å². The summed E-state index contributed by atoms with van der Waals surface area (Å²) in [6.45, 7) is 8.19. The fraction of sp³-hybridized carbons (Fsp3) is 0.457. The Labute approximate surface area is 604 Å². The molecule has 99 heavy (non-hydrogen) atoms. The normalized spacial score (nSPS) is 21.7. The minimum atomic E-state index is -2.50. The monoisotopic (exact) mass is 1420 g/mol. The van der Waals surface area contributed by atoms with E-state index in [1.54, 1.807) is 48.5 Å². The van der Waals surface area contributed by atoms with Gasteiger partial charge >= 0.3 is 41.5 Å². The van der Waals surface area contributed by atoms with Gasteiger partial charge in [0.05, 0.1) is 49.7 Å². The summed E-state index contributed by atoms with van der Waals surface area (Å²) in [6, 6.07) is 29.7. The first-order valence-electron chi connectivity index (χ1n) is 32.1. The maximum absolute atomic E-state index is 13.3. The number of aliphatic hydroxyl groups excluding tert-OH is 6. The summed E-state index contributed by atoms with van der Waals surface area (Å²) >= 11 is 2.79. The van der Waals surface area contributed by atoms with E-state index in [1.165, 1.54) is 23.5 Å². The molecular weight excluding hydrogens is 1330 g/mol. The van der Waals surface area contributed by atoms with Crippen molar-refractivity contribution in [2.45, 2.75) is 153 Å². The SMILES string of the molecule is CC(=O)N[C@@H]1[C@@H](O)C[C@](OCCCSCCC(=O)Nc2c(C)c(C)c(NC(=O)CCSCCCO[C@]3(C(=O)O)C[C@H](O)[C@@H](NC(C)=O)[C@H](C(O)[C@H](O)CNC(=O)c4ccc(-c5ccccc5)cc4)O3)c(C)c2C)(C(=O)O)O[C@H]1C(O)[C@H](O)CNC(=O)c1ccc(-c2ccccc2)cc1.[Na+]. The number of ether oxygens (including phenoxy) is 4. The van der Waals surface area contributed by atoms with Crippen molar-refractivity contribution in [2.75, 3.05) is 59.9 Å². The number of thioether (sulfide) groups is 2. The molecule has 0 aliphatic carbocycles. The third kappa shape index (κ3) is 22.1. The Morgan fingerprint density at radius 2 is 0.828 bits per heavy atom. The van der Waals surface area contributed by atoms with Crippen LogP contribution in [0.4, 0.5) is 11.4 Å². The molecule has 6 amide bonds. The Morgan fingerprint density at radius 1 is 0.505 bits per heavy atom. The van der Waals surface area contributed by atoms with E-state index in [4.69, 9.17) is 18.9 Å². The van der Waals surface area contributed by atoms with Crippen molar-refractivity contribution < 1.29 is 128 Å². The van der Waals surface area contributed by atoms with Crippen molar-refractivity contribution in [1.82, 2.24) is 21.3 Å². The number of carbonyl (C=O) groups excluding carboxylic acids is 6. The molecule has 7 rings (SSSR count). The molecule has 530 valence electrons. The van der Waals surface area contributed by atoms with Crippen molar-refractivity contribution in [2.24, 2.45) is 0 Å². The number of nitrogens with one attached hydrogen (secondary N) is 6. The molecule has 0 saturated carbocycles. The Kier molecular flexibility index (Phi) is 31.4. The Bertz CT molecular complexity index is 3310. The van der Waals surface area contributed by atoms with E-state index in [0.29, 0.717) is 34.4 Å². The molecule has 2 fully saturated rings. The van der Waals surface area contributed by atoms with Crippen LogP contribution in [-0.2, 0) is 47.7 Å². The van der Waals surface area contributed by atoms with Crippen LogP contribution in [0.1, 0.15) is 95.3 Å². The molecule has 5 aromatic rings. The number of hydrogen-bond acceptors (Lipinski definition) is 20. The minimum absolute atomic E-state index is 0. The van der Waals surface area contributed by atoms with Gasteiger partial charge in [0.2, 0.25) is 23.6 Å². The number of aliphatic hydroxyl groups is 6. The number of amides is 6. The predicted octanol–water partition coefficient (Wildman–Crippen LogP) is 1.37. The van der Waals surface area contributed by atoms with E-state index in [9.17, 15) is 79.2 Å². The van der Waals surface area contributed by atoms with Crippen LogP contribution in [0.2, 0.25) is 0 Å². The predicted molar refractivity (Wildman–Crippen MR) is 367 cm³/mol. The van der Waals surface area contributed by atoms with Gasteiger partial charge in [0.15, 0.2) is 0 Å². The van der Waals surface area contributed by atoms with Crippen LogP contribution < -0.4 is 61.5 Å². The molecule has 26 nitrogen and oxygen atoms in total. The van der Waals surface area contributed by atoms with Crippen LogP contribution in [0.3, 0.4) is 0 Å². The minimum Gasteiger partial charge on any atom is -0.477 e. The summed E-state index contributed by atoms with van der Waals surface area (Å²) in [7, 11) is 0. The standard InChI is InChI=1S/C70H88N6O20S2.Na/c1-39-40(2)58(76-56(84)28-34-98-32-14-30-94-70(68(91)92)36-52(80)60(74-44(6)78)64(96-70)62(86)54(82)38-72-66(88)50-25-21-48(22-26-50)46-17-11-8-12-18-46)42(4)41(3)57(39)75-55(83)27-33-97-31-13-29-93-69(67(89)90)35-51(79)59(73-43(5)77)63(95-69)61(85)53(81)37-71-65(87)49-23-19-47(20-24-49)45-15-9-7-10-16-45;/h7-12,15-26,51-54,59-64,79-82,85-86H,13-14,27-38H2,1-6H3,(H,71,87)(H,72,88)(H,73,77)(H,74,78)(H,75,83)(H,76,84)(H,89,90)(H,91,92);/q;+1/t51-,52-,53+,54+,59+,60+,61?,62?,63+,64+,69+,70+;/m0./s1. The average molecular weight is 1420 g/mol. The van der Waals surface area contributed by atoms with Crippen LogP contribution in [0.5, 0.6) is 0 Å². The fourth-order valence-electron chi connectivity index (χ4n) is 11.5. The zero-order valence-corrected chi connectivity index (χ0v) is 60.0. The van der Waals surface area contributed by atoms with E-state index in [1.807, 2.05) is 88.4 Å². The number of anilines is 2. The van der Waals surface area contributed by atoms with Crippen LogP contribution in [0.25, 0.3) is 22.3 Å². The number of carboxylic acid groups (broad SMARTS) is 2. The zero-order valence-electron chi connectivity index (χ0n) is 56.4. The fourth-order valence-corrected chi connectivity index (χ4v) is 13.2. The number of aliphatic carboxylic acids is 2. The molecule has 12 atom stereocenters. The molecule has 0 spiro atoms. The van der Waals surface area contributed by atoms with Gasteiger partial charge in [-0.25, -0.2) is 9.59 Å². The number of carbonyl (C=O) groups is 8. The number of hydrogen-bond donors (Lipinski definition) is 14. The van der Waals surface area contributed by atoms with E-state index in [2.05, 4.69) is 31.9 Å². The summed E-state index contributed by atoms with van der Waals surface area (Å²) in [5.74, 6) is -9.66. The van der Waals surface area contributed by atoms with Crippen molar-refractivity contribution >= 4 is 82.3 Å². The van der Waals surface area contributed by atoms with Gasteiger partial charge < -0.3 is 91.7 Å². The molecule has 5 aromatic carbocycles. The molecule has 0 aromatic heterocycles. The van der Waals surface area contributed by atoms with Gasteiger partial charge in [-0.1, -0.05) is 84.9 Å². The van der Waals surface area contributed by atoms with Gasteiger partial charge in [0, 0.05) is 86.6 Å². The summed E-state index contributed by atoms with van der Waals surface area (Å²) in [5.41, 5.74) is 8.30. The topological polar surface area (TPSA) is 408 Å². The Hall–Kier alpha value is -6.84. The van der Waals surface area contributed by atoms with Crippen LogP contribution in [-0.4, -0.2) is 210 Å². The maximum atomic E-state index is 13.3. The molecule has 0 bridgehead atoms. The van der Waals surface area contributed by atoms with Gasteiger partial charge in [-0.2, -0.15) is 23.5 Å². The number of benzene rings is 5. The molecule has 2 unspecified atom stereocenters. The molecule has 0 radical (unpaired) electrons. The second-order valence-corrected chi connectivity index (χ2v) is 26.6. The van der Waals surface area contributed by atoms with E-state index in [0.717, 1.165) is 58.4 Å². The zero-order chi connectivity index (χ0) is 71.4. The van der Waals surface area contributed by atoms with E-state index >= 15 is 0 Å². The average Bonchev–Trinajstić information content (AvgIpc) is 0.802. The number of carboxylic acids is 2. The molecule has 14 N–H and O–H groups in total. The maximum Gasteiger partial charge on any atom is 1.00 e. The largest absolute Gasteiger partial charge is 1.00 e. The second kappa shape index (κ2) is 38.3. The van der Waals surface area contributed by atoms with Crippen molar-refractivity contribution in [1.29, 1.82) is 0 Å². The van der Waals surface area contributed by atoms with Crippen molar-refractivity contribution in [3.05, 3.63) is 143 Å². The molecule has 29 heteroatoms. The number of rotatable bonds is 34. The third-order valence-electron chi connectivity index (χ3n) is 17.1. The Balaban J connectivity index is 0.0000155. The van der Waals surface area contributed by atoms with Gasteiger partial charge in [0.25, 0.3) is 23.4 Å². The van der Waals surface area contributed by atoms with Crippen LogP contribution >= 0.6 is 23.5 Å². The van der Waals surface area contributed by atoms with E-state index in [-0.39, 0.29) is 91.4 Å². The first-order valence-corrected chi connectivity index (χ1v) is 34.4. The van der Waals surface area contributed by atoms with Gasteiger partial charge in [-0.15, -0.1) is 0 Å². The first-order chi connectivity index (χ1) is 46.6. The smallest absolute Gasteiger partial charge is 0.477 e.